The van der Waals surface area contributed by atoms with E-state index in [-0.39, 0.29) is 0 Å². The van der Waals surface area contributed by atoms with Crippen LogP contribution >= 0.6 is 0 Å². The second-order valence-corrected chi connectivity index (χ2v) is 7.48. The normalized spacial score (nSPS) is 13.4. The quantitative estimate of drug-likeness (QED) is 0.455. The summed E-state index contributed by atoms with van der Waals surface area (Å²) in [6.45, 7) is 2.82. The summed E-state index contributed by atoms with van der Waals surface area (Å²) in [5.41, 5.74) is 4.05. The molecule has 1 aliphatic rings. The molecule has 1 N–H and O–H groups in total. The van der Waals surface area contributed by atoms with Gasteiger partial charge in [-0.3, -0.25) is 0 Å². The number of rotatable bonds is 7. The smallest absolute Gasteiger partial charge is 0.254 e. The minimum atomic E-state index is 0.362. The number of ether oxygens (including phenoxy) is 1. The highest BCUT2D eigenvalue weighted by Gasteiger charge is 2.24. The first kappa shape index (κ1) is 18.4. The van der Waals surface area contributed by atoms with E-state index in [1.165, 1.54) is 12.8 Å². The van der Waals surface area contributed by atoms with Gasteiger partial charge >= 0.3 is 0 Å². The van der Waals surface area contributed by atoms with Gasteiger partial charge in [-0.2, -0.15) is 0 Å². The van der Waals surface area contributed by atoms with E-state index in [1.807, 2.05) is 55.5 Å². The van der Waals surface area contributed by atoms with Crippen molar-refractivity contribution >= 4 is 5.69 Å². The van der Waals surface area contributed by atoms with Crippen LogP contribution in [0.4, 0.5) is 5.69 Å². The summed E-state index contributed by atoms with van der Waals surface area (Å²) in [6, 6.07) is 15.7. The molecule has 30 heavy (non-hydrogen) atoms. The van der Waals surface area contributed by atoms with Gasteiger partial charge in [0.25, 0.3) is 11.8 Å². The standard InChI is InChI=1S/C23H22N4O3/c1-14-20(21(27-30-14)16-6-4-3-5-7-16)23-26-25-22(29-23)18-11-10-17(12-19(18)28-2)24-13-15-8-9-15/h3-7,10-12,15,24H,8-9,13H2,1-2H3. The van der Waals surface area contributed by atoms with Crippen molar-refractivity contribution < 1.29 is 13.7 Å². The SMILES string of the molecule is COc1cc(NCC2CC2)ccc1-c1nnc(-c2c(-c3ccccc3)noc2C)o1. The average molecular weight is 402 g/mol. The van der Waals surface area contributed by atoms with Crippen LogP contribution in [-0.4, -0.2) is 29.0 Å². The number of benzene rings is 2. The summed E-state index contributed by atoms with van der Waals surface area (Å²) in [4.78, 5) is 0. The van der Waals surface area contributed by atoms with Crippen molar-refractivity contribution in [1.29, 1.82) is 0 Å². The molecule has 0 unspecified atom stereocenters. The zero-order chi connectivity index (χ0) is 20.5. The summed E-state index contributed by atoms with van der Waals surface area (Å²) in [5, 5.41) is 16.2. The third-order valence-electron chi connectivity index (χ3n) is 5.27. The van der Waals surface area contributed by atoms with Gasteiger partial charge in [0.05, 0.1) is 12.7 Å². The molecule has 0 atom stereocenters. The Morgan fingerprint density at radius 1 is 1.07 bits per heavy atom. The highest BCUT2D eigenvalue weighted by Crippen LogP contribution is 2.37. The maximum atomic E-state index is 6.03. The van der Waals surface area contributed by atoms with Gasteiger partial charge < -0.3 is 19.0 Å². The van der Waals surface area contributed by atoms with Crippen LogP contribution < -0.4 is 10.1 Å². The monoisotopic (exact) mass is 402 g/mol. The molecule has 0 spiro atoms. The van der Waals surface area contributed by atoms with E-state index >= 15 is 0 Å². The van der Waals surface area contributed by atoms with E-state index < -0.39 is 0 Å². The van der Waals surface area contributed by atoms with E-state index in [2.05, 4.69) is 20.7 Å². The van der Waals surface area contributed by atoms with E-state index in [1.54, 1.807) is 7.11 Å². The van der Waals surface area contributed by atoms with Crippen LogP contribution in [0.2, 0.25) is 0 Å². The van der Waals surface area contributed by atoms with Crippen LogP contribution in [0.15, 0.2) is 57.5 Å². The Morgan fingerprint density at radius 3 is 2.63 bits per heavy atom. The molecular weight excluding hydrogens is 380 g/mol. The largest absolute Gasteiger partial charge is 0.496 e. The molecule has 0 bridgehead atoms. The molecule has 1 fully saturated rings. The molecule has 7 heteroatoms. The molecule has 2 heterocycles. The maximum absolute atomic E-state index is 6.03. The Hall–Kier alpha value is -3.61. The molecule has 7 nitrogen and oxygen atoms in total. The topological polar surface area (TPSA) is 86.2 Å². The summed E-state index contributed by atoms with van der Waals surface area (Å²) in [6.07, 6.45) is 2.61. The van der Waals surface area contributed by atoms with Crippen LogP contribution in [0.25, 0.3) is 34.2 Å². The Morgan fingerprint density at radius 2 is 1.87 bits per heavy atom. The number of anilines is 1. The molecule has 0 radical (unpaired) electrons. The number of nitrogens with one attached hydrogen (secondary N) is 1. The fourth-order valence-corrected chi connectivity index (χ4v) is 3.41. The lowest BCUT2D eigenvalue weighted by Crippen LogP contribution is -2.03. The minimum Gasteiger partial charge on any atom is -0.496 e. The molecule has 2 aromatic heterocycles. The van der Waals surface area contributed by atoms with Crippen molar-refractivity contribution in [2.75, 3.05) is 19.0 Å². The first-order chi connectivity index (χ1) is 14.7. The molecule has 4 aromatic rings. The molecule has 0 amide bonds. The van der Waals surface area contributed by atoms with Gasteiger partial charge in [0.1, 0.15) is 22.8 Å². The fourth-order valence-electron chi connectivity index (χ4n) is 3.41. The van der Waals surface area contributed by atoms with Crippen molar-refractivity contribution in [2.24, 2.45) is 5.92 Å². The third-order valence-corrected chi connectivity index (χ3v) is 5.27. The van der Waals surface area contributed by atoms with Crippen molar-refractivity contribution in [3.63, 3.8) is 0 Å². The molecule has 5 rings (SSSR count). The molecule has 0 aliphatic heterocycles. The minimum absolute atomic E-state index is 0.362. The number of aryl methyl sites for hydroxylation is 1. The van der Waals surface area contributed by atoms with Crippen molar-refractivity contribution in [3.05, 3.63) is 54.3 Å². The Kier molecular flexibility index (Phi) is 4.71. The maximum Gasteiger partial charge on any atom is 0.254 e. The van der Waals surface area contributed by atoms with Gasteiger partial charge in [-0.15, -0.1) is 10.2 Å². The molecule has 1 saturated carbocycles. The Balaban J connectivity index is 1.47. The summed E-state index contributed by atoms with van der Waals surface area (Å²) >= 11 is 0. The molecule has 152 valence electrons. The second-order valence-electron chi connectivity index (χ2n) is 7.48. The Labute approximate surface area is 174 Å². The van der Waals surface area contributed by atoms with E-state index in [4.69, 9.17) is 13.7 Å². The average Bonchev–Trinajstić information content (AvgIpc) is 3.36. The first-order valence-corrected chi connectivity index (χ1v) is 10.0. The van der Waals surface area contributed by atoms with Gasteiger partial charge in [-0.1, -0.05) is 35.5 Å². The van der Waals surface area contributed by atoms with Crippen LogP contribution in [-0.2, 0) is 0 Å². The van der Waals surface area contributed by atoms with Crippen molar-refractivity contribution in [1.82, 2.24) is 15.4 Å². The van der Waals surface area contributed by atoms with E-state index in [0.717, 1.165) is 29.3 Å². The summed E-state index contributed by atoms with van der Waals surface area (Å²) in [5.74, 6) is 2.84. The predicted molar refractivity (Wildman–Crippen MR) is 113 cm³/mol. The van der Waals surface area contributed by atoms with Gasteiger partial charge in [0.15, 0.2) is 0 Å². The Bertz CT molecular complexity index is 1160. The van der Waals surface area contributed by atoms with Crippen LogP contribution in [0.3, 0.4) is 0 Å². The zero-order valence-corrected chi connectivity index (χ0v) is 16.9. The van der Waals surface area contributed by atoms with Crippen LogP contribution in [0, 0.1) is 12.8 Å². The predicted octanol–water partition coefficient (Wildman–Crippen LogP) is 5.20. The van der Waals surface area contributed by atoms with Gasteiger partial charge in [0.2, 0.25) is 0 Å². The number of methoxy groups -OCH3 is 1. The van der Waals surface area contributed by atoms with Crippen molar-refractivity contribution in [2.45, 2.75) is 19.8 Å². The highest BCUT2D eigenvalue weighted by atomic mass is 16.5. The van der Waals surface area contributed by atoms with Crippen LogP contribution in [0.5, 0.6) is 5.75 Å². The molecule has 1 aliphatic carbocycles. The lowest BCUT2D eigenvalue weighted by molar-refractivity contribution is 0.399. The van der Waals surface area contributed by atoms with Gasteiger partial charge in [-0.05, 0) is 37.8 Å². The fraction of sp³-hybridized carbons (Fsp3) is 0.261. The lowest BCUT2D eigenvalue weighted by atomic mass is 10.1. The van der Waals surface area contributed by atoms with Crippen LogP contribution in [0.1, 0.15) is 18.6 Å². The number of hydrogen-bond acceptors (Lipinski definition) is 7. The highest BCUT2D eigenvalue weighted by molar-refractivity contribution is 5.78. The van der Waals surface area contributed by atoms with Crippen molar-refractivity contribution in [3.8, 4) is 39.9 Å². The van der Waals surface area contributed by atoms with E-state index in [9.17, 15) is 0 Å². The zero-order valence-electron chi connectivity index (χ0n) is 16.9. The summed E-state index contributed by atoms with van der Waals surface area (Å²) < 4.78 is 17.0. The molecule has 0 saturated heterocycles. The van der Waals surface area contributed by atoms with Gasteiger partial charge in [-0.25, -0.2) is 0 Å². The lowest BCUT2D eigenvalue weighted by Gasteiger charge is -2.10. The van der Waals surface area contributed by atoms with E-state index in [0.29, 0.717) is 34.5 Å². The summed E-state index contributed by atoms with van der Waals surface area (Å²) in [7, 11) is 1.64. The first-order valence-electron chi connectivity index (χ1n) is 10.0. The number of hydrogen-bond donors (Lipinski definition) is 1. The second kappa shape index (κ2) is 7.67. The number of nitrogens with zero attached hydrogens (tertiary/aromatic N) is 3. The molecular formula is C23H22N4O3. The van der Waals surface area contributed by atoms with Gasteiger partial charge in [0, 0.05) is 23.9 Å². The molecule has 2 aromatic carbocycles. The number of aromatic nitrogens is 3. The third kappa shape index (κ3) is 3.54.